The summed E-state index contributed by atoms with van der Waals surface area (Å²) in [6.07, 6.45) is 8.03. The number of hydrogen-bond acceptors (Lipinski definition) is 4. The molecular weight excluding hydrogens is 404 g/mol. The number of benzene rings is 1. The van der Waals surface area contributed by atoms with Crippen molar-refractivity contribution >= 4 is 17.6 Å². The molecule has 0 aliphatic carbocycles. The molecule has 0 atom stereocenters. The molecule has 33 heavy (non-hydrogen) atoms. The third-order valence-electron chi connectivity index (χ3n) is 6.45. The number of likely N-dealkylation sites (tertiary alicyclic amines) is 1. The zero-order valence-corrected chi connectivity index (χ0v) is 20.0. The second-order valence-corrected chi connectivity index (χ2v) is 9.17. The second-order valence-electron chi connectivity index (χ2n) is 9.17. The van der Waals surface area contributed by atoms with Crippen LogP contribution in [0.5, 0.6) is 0 Å². The topological polar surface area (TPSA) is 41.1 Å². The maximum atomic E-state index is 4.68. The van der Waals surface area contributed by atoms with Gasteiger partial charge in [-0.1, -0.05) is 43.5 Å². The first-order chi connectivity index (χ1) is 15.9. The summed E-state index contributed by atoms with van der Waals surface area (Å²) in [5, 5.41) is 3.34. The average Bonchev–Trinajstić information content (AvgIpc) is 2.84. The molecule has 0 saturated carbocycles. The number of aromatic nitrogens is 2. The fourth-order valence-corrected chi connectivity index (χ4v) is 4.49. The number of piperidine rings is 1. The van der Waals surface area contributed by atoms with E-state index in [-0.39, 0.29) is 0 Å². The molecule has 0 bridgehead atoms. The first-order valence-electron chi connectivity index (χ1n) is 11.8. The third-order valence-corrected chi connectivity index (χ3v) is 6.45. The minimum absolute atomic E-state index is 0.356. The highest BCUT2D eigenvalue weighted by Crippen LogP contribution is 2.33. The van der Waals surface area contributed by atoms with Gasteiger partial charge in [0.15, 0.2) is 0 Å². The molecule has 0 spiro atoms. The number of hydrogen-bond donors (Lipinski definition) is 1. The van der Waals surface area contributed by atoms with Crippen LogP contribution in [0, 0.1) is 6.92 Å². The Bertz CT molecular complexity index is 1110. The van der Waals surface area contributed by atoms with Gasteiger partial charge >= 0.3 is 0 Å². The predicted octanol–water partition coefficient (Wildman–Crippen LogP) is 6.77. The minimum Gasteiger partial charge on any atom is -0.371 e. The molecule has 1 aliphatic heterocycles. The highest BCUT2D eigenvalue weighted by atomic mass is 15.1. The molecule has 3 aromatic rings. The number of aryl methyl sites for hydroxylation is 1. The van der Waals surface area contributed by atoms with Crippen molar-refractivity contribution in [3.8, 4) is 11.1 Å². The van der Waals surface area contributed by atoms with Gasteiger partial charge in [-0.25, -0.2) is 4.98 Å². The first-order valence-corrected chi connectivity index (χ1v) is 11.8. The smallest absolute Gasteiger partial charge is 0.126 e. The van der Waals surface area contributed by atoms with Gasteiger partial charge in [0.2, 0.25) is 0 Å². The van der Waals surface area contributed by atoms with Gasteiger partial charge in [0.1, 0.15) is 5.82 Å². The van der Waals surface area contributed by atoms with Crippen LogP contribution < -0.4 is 5.32 Å². The van der Waals surface area contributed by atoms with Crippen LogP contribution in [-0.4, -0.2) is 34.0 Å². The van der Waals surface area contributed by atoms with Crippen molar-refractivity contribution in [1.82, 2.24) is 14.9 Å². The quantitative estimate of drug-likeness (QED) is 0.442. The highest BCUT2D eigenvalue weighted by molar-refractivity contribution is 5.72. The van der Waals surface area contributed by atoms with Crippen molar-refractivity contribution in [1.29, 1.82) is 0 Å². The molecule has 0 unspecified atom stereocenters. The summed E-state index contributed by atoms with van der Waals surface area (Å²) in [6, 6.07) is 15.5. The lowest BCUT2D eigenvalue weighted by Gasteiger charge is -2.35. The summed E-state index contributed by atoms with van der Waals surface area (Å²) >= 11 is 0. The Morgan fingerprint density at radius 1 is 1.06 bits per heavy atom. The summed E-state index contributed by atoms with van der Waals surface area (Å²) in [5.41, 5.74) is 7.91. The number of anilines is 1. The standard InChI is InChI=1S/C29H34N4/c1-6-23-7-9-24(10-8-23)25-13-15-33(16-14-25)22(5)27-17-28(21(4)30-19-27)26-11-12-29(31-18-26)32-20(2)3/h6-12,17-20,25H,1,5,13-16H2,2-4H3,(H,31,32). The molecule has 4 heteroatoms. The van der Waals surface area contributed by atoms with Crippen molar-refractivity contribution in [2.24, 2.45) is 0 Å². The lowest BCUT2D eigenvalue weighted by Crippen LogP contribution is -2.31. The summed E-state index contributed by atoms with van der Waals surface area (Å²) < 4.78 is 0. The van der Waals surface area contributed by atoms with Crippen LogP contribution in [0.4, 0.5) is 5.82 Å². The molecule has 4 rings (SSSR count). The number of pyridine rings is 2. The Balaban J connectivity index is 1.45. The number of nitrogens with one attached hydrogen (secondary N) is 1. The van der Waals surface area contributed by atoms with Crippen molar-refractivity contribution in [3.05, 3.63) is 90.4 Å². The fraction of sp³-hybridized carbons (Fsp3) is 0.310. The van der Waals surface area contributed by atoms with Crippen molar-refractivity contribution in [2.75, 3.05) is 18.4 Å². The van der Waals surface area contributed by atoms with Crippen molar-refractivity contribution in [2.45, 2.75) is 45.6 Å². The molecule has 1 N–H and O–H groups in total. The van der Waals surface area contributed by atoms with Gasteiger partial charge in [-0.05, 0) is 68.9 Å². The average molecular weight is 439 g/mol. The maximum absolute atomic E-state index is 4.68. The summed E-state index contributed by atoms with van der Waals surface area (Å²) in [5.74, 6) is 1.49. The van der Waals surface area contributed by atoms with Crippen LogP contribution >= 0.6 is 0 Å². The molecule has 1 saturated heterocycles. The third kappa shape index (κ3) is 5.33. The van der Waals surface area contributed by atoms with Crippen molar-refractivity contribution < 1.29 is 0 Å². The SMILES string of the molecule is C=Cc1ccc(C2CCN(C(=C)c3cnc(C)c(-c4ccc(NC(C)C)nc4)c3)CC2)cc1. The van der Waals surface area contributed by atoms with Crippen LogP contribution in [0.1, 0.15) is 55.0 Å². The Labute approximate surface area is 198 Å². The van der Waals surface area contributed by atoms with Gasteiger partial charge in [-0.15, -0.1) is 0 Å². The zero-order chi connectivity index (χ0) is 23.4. The zero-order valence-electron chi connectivity index (χ0n) is 20.0. The van der Waals surface area contributed by atoms with E-state index in [0.717, 1.165) is 59.8 Å². The Kier molecular flexibility index (Phi) is 6.93. The van der Waals surface area contributed by atoms with E-state index in [0.29, 0.717) is 12.0 Å². The molecule has 1 fully saturated rings. The van der Waals surface area contributed by atoms with Crippen LogP contribution in [0.15, 0.2) is 68.0 Å². The Morgan fingerprint density at radius 3 is 2.39 bits per heavy atom. The van der Waals surface area contributed by atoms with Gasteiger partial charge < -0.3 is 10.2 Å². The molecule has 2 aromatic heterocycles. The molecule has 0 amide bonds. The fourth-order valence-electron chi connectivity index (χ4n) is 4.49. The van der Waals surface area contributed by atoms with Crippen LogP contribution in [0.2, 0.25) is 0 Å². The van der Waals surface area contributed by atoms with Gasteiger partial charge in [-0.2, -0.15) is 0 Å². The molecule has 1 aliphatic rings. The van der Waals surface area contributed by atoms with Gasteiger partial charge in [0.05, 0.1) is 0 Å². The molecular formula is C29H34N4. The summed E-state index contributed by atoms with van der Waals surface area (Å²) in [7, 11) is 0. The van der Waals surface area contributed by atoms with Crippen LogP contribution in [0.25, 0.3) is 22.9 Å². The Hall–Kier alpha value is -3.40. The Morgan fingerprint density at radius 2 is 1.79 bits per heavy atom. The minimum atomic E-state index is 0.356. The van der Waals surface area contributed by atoms with E-state index in [1.165, 1.54) is 11.1 Å². The van der Waals surface area contributed by atoms with Crippen LogP contribution in [-0.2, 0) is 0 Å². The summed E-state index contributed by atoms with van der Waals surface area (Å²) in [6.45, 7) is 16.6. The molecule has 4 nitrogen and oxygen atoms in total. The normalized spacial score (nSPS) is 14.4. The van der Waals surface area contributed by atoms with Gasteiger partial charge in [0, 0.05) is 59.6 Å². The van der Waals surface area contributed by atoms with E-state index in [2.05, 4.69) is 83.6 Å². The predicted molar refractivity (Wildman–Crippen MR) is 140 cm³/mol. The number of rotatable bonds is 7. The van der Waals surface area contributed by atoms with Crippen molar-refractivity contribution in [3.63, 3.8) is 0 Å². The van der Waals surface area contributed by atoms with Crippen LogP contribution in [0.3, 0.4) is 0 Å². The molecule has 1 aromatic carbocycles. The van der Waals surface area contributed by atoms with E-state index in [1.54, 1.807) is 0 Å². The van der Waals surface area contributed by atoms with E-state index in [4.69, 9.17) is 0 Å². The first kappa shape index (κ1) is 22.8. The lowest BCUT2D eigenvalue weighted by molar-refractivity contribution is 0.299. The monoisotopic (exact) mass is 438 g/mol. The van der Waals surface area contributed by atoms with E-state index in [1.807, 2.05) is 31.5 Å². The molecule has 3 heterocycles. The summed E-state index contributed by atoms with van der Waals surface area (Å²) in [4.78, 5) is 11.7. The van der Waals surface area contributed by atoms with Gasteiger partial charge in [-0.3, -0.25) is 4.98 Å². The largest absolute Gasteiger partial charge is 0.371 e. The van der Waals surface area contributed by atoms with Gasteiger partial charge in [0.25, 0.3) is 0 Å². The second kappa shape index (κ2) is 10.0. The van der Waals surface area contributed by atoms with E-state index < -0.39 is 0 Å². The maximum Gasteiger partial charge on any atom is 0.126 e. The number of nitrogens with zero attached hydrogens (tertiary/aromatic N) is 3. The van der Waals surface area contributed by atoms with E-state index in [9.17, 15) is 0 Å². The highest BCUT2D eigenvalue weighted by Gasteiger charge is 2.22. The molecule has 0 radical (unpaired) electrons. The lowest BCUT2D eigenvalue weighted by atomic mass is 9.88. The molecule has 170 valence electrons. The van der Waals surface area contributed by atoms with E-state index >= 15 is 0 Å².